The fourth-order valence-electron chi connectivity index (χ4n) is 4.73. The zero-order valence-corrected chi connectivity index (χ0v) is 27.5. The quantitative estimate of drug-likeness (QED) is 0.231. The number of fused-ring (bicyclic) bond motifs is 2. The van der Waals surface area contributed by atoms with Crippen LogP contribution < -0.4 is 24.8 Å². The first-order chi connectivity index (χ1) is 17.7. The van der Waals surface area contributed by atoms with Crippen LogP contribution in [0.25, 0.3) is 32.7 Å². The number of rotatable bonds is 2. The van der Waals surface area contributed by atoms with Crippen LogP contribution in [0, 0.1) is 12.2 Å². The third-order valence-corrected chi connectivity index (χ3v) is 8.29. The van der Waals surface area contributed by atoms with Gasteiger partial charge in [0, 0.05) is 9.52 Å². The molecular formula is C35H32Cl2SiZr. The third-order valence-electron chi connectivity index (χ3n) is 6.88. The minimum atomic E-state index is 0. The SMILES string of the molecule is C1C[Si]C1.CC1=[C-]CC(c2cccc3ccccc23)=C1.CC1=[C-]CC(c2cccc3ccccc23)=C1.[Cl-].[Cl-].[Zr+4]. The molecule has 0 N–H and O–H groups in total. The van der Waals surface area contributed by atoms with Crippen LogP contribution >= 0.6 is 0 Å². The Kier molecular flexibility index (Phi) is 13.9. The summed E-state index contributed by atoms with van der Waals surface area (Å²) in [5.41, 5.74) is 7.97. The maximum atomic E-state index is 3.36. The van der Waals surface area contributed by atoms with Crippen molar-refractivity contribution in [3.05, 3.63) is 132 Å². The molecule has 0 bridgehead atoms. The average Bonchev–Trinajstić information content (AvgIpc) is 3.51. The summed E-state index contributed by atoms with van der Waals surface area (Å²) in [6.45, 7) is 4.22. The topological polar surface area (TPSA) is 0 Å². The van der Waals surface area contributed by atoms with Crippen LogP contribution in [0.5, 0.6) is 0 Å². The van der Waals surface area contributed by atoms with E-state index in [4.69, 9.17) is 0 Å². The van der Waals surface area contributed by atoms with Gasteiger partial charge in [0.05, 0.1) is 0 Å². The Hall–Kier alpha value is -1.96. The van der Waals surface area contributed by atoms with Crippen LogP contribution in [0.3, 0.4) is 0 Å². The molecule has 1 heterocycles. The molecule has 0 atom stereocenters. The maximum absolute atomic E-state index is 3.36. The zero-order chi connectivity index (χ0) is 24.7. The number of benzene rings is 4. The fraction of sp³-hybridized carbons (Fsp3) is 0.200. The van der Waals surface area contributed by atoms with Gasteiger partial charge in [0.25, 0.3) is 0 Å². The van der Waals surface area contributed by atoms with Crippen LogP contribution in [0.15, 0.2) is 108 Å². The summed E-state index contributed by atoms with van der Waals surface area (Å²) in [6, 6.07) is 33.2. The zero-order valence-electron chi connectivity index (χ0n) is 22.5. The Bertz CT molecular complexity index is 1380. The molecule has 2 aliphatic carbocycles. The molecule has 4 aromatic rings. The Morgan fingerprint density at radius 2 is 0.923 bits per heavy atom. The number of hydrogen-bond donors (Lipinski definition) is 0. The molecule has 0 saturated carbocycles. The number of hydrogen-bond acceptors (Lipinski definition) is 0. The molecule has 3 aliphatic rings. The van der Waals surface area contributed by atoms with Crippen molar-refractivity contribution in [3.8, 4) is 0 Å². The monoisotopic (exact) mass is 640 g/mol. The van der Waals surface area contributed by atoms with Crippen LogP contribution in [0.4, 0.5) is 0 Å². The Morgan fingerprint density at radius 1 is 0.564 bits per heavy atom. The average molecular weight is 643 g/mol. The van der Waals surface area contributed by atoms with Gasteiger partial charge < -0.3 is 24.8 Å². The summed E-state index contributed by atoms with van der Waals surface area (Å²) < 4.78 is 0. The maximum Gasteiger partial charge on any atom is 4.00 e. The minimum Gasteiger partial charge on any atom is -1.00 e. The van der Waals surface area contributed by atoms with Crippen LogP contribution in [0.1, 0.15) is 44.2 Å². The van der Waals surface area contributed by atoms with Gasteiger partial charge >= 0.3 is 26.2 Å². The molecular weight excluding hydrogens is 611 g/mol. The standard InChI is InChI=1S/2C16H13.C3H6Si.2ClH.Zr/c2*1-12-9-10-14(11-12)16-8-4-6-13-5-2-3-7-15(13)16;1-2-4-3-1;;;/h2*2-8,11H,10H2,1H3;1-3H2;2*1H;/q2*-1;;;;+4/p-2. The Balaban J connectivity index is 0.000000224. The molecule has 4 aromatic carbocycles. The van der Waals surface area contributed by atoms with E-state index in [0.717, 1.165) is 12.8 Å². The second-order valence-corrected chi connectivity index (χ2v) is 11.1. The Morgan fingerprint density at radius 3 is 1.26 bits per heavy atom. The largest absolute Gasteiger partial charge is 4.00 e. The van der Waals surface area contributed by atoms with E-state index in [2.05, 4.69) is 123 Å². The van der Waals surface area contributed by atoms with Crippen molar-refractivity contribution in [3.63, 3.8) is 0 Å². The van der Waals surface area contributed by atoms with Gasteiger partial charge in [-0.3, -0.25) is 12.2 Å². The summed E-state index contributed by atoms with van der Waals surface area (Å²) in [4.78, 5) is 0. The van der Waals surface area contributed by atoms with Crippen molar-refractivity contribution in [1.82, 2.24) is 0 Å². The molecule has 0 nitrogen and oxygen atoms in total. The van der Waals surface area contributed by atoms with Crippen molar-refractivity contribution >= 4 is 42.2 Å². The minimum absolute atomic E-state index is 0. The fourth-order valence-corrected chi connectivity index (χ4v) is 5.08. The van der Waals surface area contributed by atoms with E-state index in [1.807, 2.05) is 0 Å². The second-order valence-electron chi connectivity index (χ2n) is 9.57. The van der Waals surface area contributed by atoms with Gasteiger partial charge in [-0.1, -0.05) is 117 Å². The molecule has 7 rings (SSSR count). The normalized spacial score (nSPS) is 14.8. The third kappa shape index (κ3) is 8.51. The van der Waals surface area contributed by atoms with Gasteiger partial charge in [-0.25, -0.2) is 23.3 Å². The van der Waals surface area contributed by atoms with Gasteiger partial charge in [-0.05, 0) is 32.7 Å². The summed E-state index contributed by atoms with van der Waals surface area (Å²) >= 11 is 0. The van der Waals surface area contributed by atoms with Gasteiger partial charge in [0.15, 0.2) is 0 Å². The molecule has 0 spiro atoms. The number of halogens is 2. The first-order valence-corrected chi connectivity index (χ1v) is 14.3. The predicted molar refractivity (Wildman–Crippen MR) is 158 cm³/mol. The van der Waals surface area contributed by atoms with Crippen molar-refractivity contribution in [2.24, 2.45) is 0 Å². The van der Waals surface area contributed by atoms with E-state index in [1.54, 1.807) is 0 Å². The van der Waals surface area contributed by atoms with E-state index in [0.29, 0.717) is 0 Å². The molecule has 1 aliphatic heterocycles. The van der Waals surface area contributed by atoms with E-state index in [-0.39, 0.29) is 51.0 Å². The van der Waals surface area contributed by atoms with E-state index in [9.17, 15) is 0 Å². The molecule has 39 heavy (non-hydrogen) atoms. The summed E-state index contributed by atoms with van der Waals surface area (Å²) in [5, 5.41) is 5.30. The van der Waals surface area contributed by atoms with Gasteiger partial charge in [0.2, 0.25) is 0 Å². The Labute approximate surface area is 268 Å². The van der Waals surface area contributed by atoms with E-state index >= 15 is 0 Å². The van der Waals surface area contributed by atoms with Gasteiger partial charge in [-0.15, -0.1) is 24.0 Å². The molecule has 1 fully saturated rings. The summed E-state index contributed by atoms with van der Waals surface area (Å²) in [6.07, 6.45) is 14.6. The molecule has 2 radical (unpaired) electrons. The van der Waals surface area contributed by atoms with E-state index < -0.39 is 0 Å². The van der Waals surface area contributed by atoms with Crippen LogP contribution in [-0.2, 0) is 26.2 Å². The molecule has 0 amide bonds. The smallest absolute Gasteiger partial charge is 1.00 e. The molecule has 194 valence electrons. The van der Waals surface area contributed by atoms with Gasteiger partial charge in [0.1, 0.15) is 0 Å². The molecule has 0 aromatic heterocycles. The van der Waals surface area contributed by atoms with Crippen molar-refractivity contribution < 1.29 is 51.0 Å². The predicted octanol–water partition coefficient (Wildman–Crippen LogP) is 3.69. The summed E-state index contributed by atoms with van der Waals surface area (Å²) in [7, 11) is 1.32. The molecule has 0 unspecified atom stereocenters. The molecule has 4 heteroatoms. The van der Waals surface area contributed by atoms with Crippen molar-refractivity contribution in [1.29, 1.82) is 0 Å². The van der Waals surface area contributed by atoms with Gasteiger partial charge in [-0.2, -0.15) is 0 Å². The number of allylic oxidation sites excluding steroid dienone is 8. The van der Waals surface area contributed by atoms with Crippen LogP contribution in [-0.4, -0.2) is 9.52 Å². The first-order valence-electron chi connectivity index (χ1n) is 12.9. The van der Waals surface area contributed by atoms with E-state index in [1.165, 1.54) is 83.0 Å². The summed E-state index contributed by atoms with van der Waals surface area (Å²) in [5.74, 6) is 0. The first kappa shape index (κ1) is 33.2. The van der Waals surface area contributed by atoms with Crippen molar-refractivity contribution in [2.45, 2.75) is 45.2 Å². The molecule has 1 saturated heterocycles. The van der Waals surface area contributed by atoms with Crippen molar-refractivity contribution in [2.75, 3.05) is 0 Å². The van der Waals surface area contributed by atoms with Crippen LogP contribution in [0.2, 0.25) is 12.1 Å². The second kappa shape index (κ2) is 16.3.